The second kappa shape index (κ2) is 171. The van der Waals surface area contributed by atoms with Crippen molar-refractivity contribution in [3.63, 3.8) is 0 Å². The maximum Gasteiger partial charge on any atom is 0.0230 e. The molecule has 0 aromatic rings. The Morgan fingerprint density at radius 3 is 0.500 bits per heavy atom. The van der Waals surface area contributed by atoms with Crippen LogP contribution in [0.15, 0.2) is 0 Å². The van der Waals surface area contributed by atoms with Gasteiger partial charge in [0.2, 0.25) is 0 Å². The molecule has 0 rings (SSSR count). The van der Waals surface area contributed by atoms with E-state index in [0.717, 1.165) is 38.5 Å². The molecule has 0 saturated carbocycles. The van der Waals surface area contributed by atoms with Crippen LogP contribution in [0.1, 0.15) is 154 Å². The van der Waals surface area contributed by atoms with Gasteiger partial charge in [0.25, 0.3) is 0 Å². The van der Waals surface area contributed by atoms with Crippen LogP contribution in [0.2, 0.25) is 0 Å². The van der Waals surface area contributed by atoms with E-state index in [4.69, 9.17) is 16.4 Å². The van der Waals surface area contributed by atoms with Gasteiger partial charge in [0, 0.05) is 17.9 Å². The van der Waals surface area contributed by atoms with E-state index in [2.05, 4.69) is 0 Å². The van der Waals surface area contributed by atoms with Crippen LogP contribution in [0, 0.1) is 0 Å². The summed E-state index contributed by atoms with van der Waals surface area (Å²) in [5.74, 6) is 0. The molecule has 20 heavy (non-hydrogen) atoms. The van der Waals surface area contributed by atoms with Gasteiger partial charge in [0.1, 0.15) is 0 Å². The molecule has 0 aliphatic carbocycles. The largest absolute Gasteiger partial charge is 0.0776 e. The maximum absolute atomic E-state index is 6.48. The SMILES string of the molecule is C.C.[2HH].[3H]CCC[3H].[3H]CCC[3H].[3H]CCC[3H].[3H]CCC[3H].[3H]CCC[3H].[3H]CCC[3H]. The minimum Gasteiger partial charge on any atom is -0.0776 e. The van der Waals surface area contributed by atoms with Crippen LogP contribution in [-0.2, 0) is 0 Å². The lowest BCUT2D eigenvalue weighted by Crippen LogP contribution is -1.27. The molecule has 138 valence electrons. The summed E-state index contributed by atoms with van der Waals surface area (Å²) >= 11 is 0. The van der Waals surface area contributed by atoms with Crippen LogP contribution in [0.25, 0.3) is 0 Å². The molecule has 0 aliphatic heterocycles. The minimum absolute atomic E-state index is 0. The third-order valence-electron chi connectivity index (χ3n) is 0. The predicted molar refractivity (Wildman–Crippen MR) is 111 cm³/mol. The van der Waals surface area contributed by atoms with Crippen LogP contribution >= 0.6 is 0 Å². The summed E-state index contributed by atoms with van der Waals surface area (Å²) in [6, 6.07) is 0. The van der Waals surface area contributed by atoms with Gasteiger partial charge in [-0.05, 0) is 0 Å². The first kappa shape index (κ1) is 12.5. The van der Waals surface area contributed by atoms with Gasteiger partial charge in [-0.3, -0.25) is 0 Å². The summed E-state index contributed by atoms with van der Waals surface area (Å²) in [4.78, 5) is 0. The first-order valence-electron chi connectivity index (χ1n) is 14.5. The number of hydrogen-bond donors (Lipinski definition) is 0. The summed E-state index contributed by atoms with van der Waals surface area (Å²) < 4.78 is 77.8. The molecule has 0 N–H and O–H groups in total. The van der Waals surface area contributed by atoms with Crippen LogP contribution < -0.4 is 0 Å². The number of hydrogen-bond acceptors (Lipinski definition) is 0. The highest BCUT2D eigenvalue weighted by molar-refractivity contribution is 3.93. The maximum atomic E-state index is 6.48. The summed E-state index contributed by atoms with van der Waals surface area (Å²) in [5, 5.41) is 0. The van der Waals surface area contributed by atoms with E-state index < -0.39 is 0 Å². The quantitative estimate of drug-likeness (QED) is 0.416. The fraction of sp³-hybridized carbons (Fsp3) is 1.00. The normalized spacial score (nSPS) is 13.2. The molecule has 0 aliphatic rings. The minimum atomic E-state index is 0. The standard InChI is InChI=1S/6C3H8.2CH4.H2/c6*1-3-2;;;/h6*3H2,1-2H3;2*1H4;1H/i6*1T,2T;;;1+1. The Kier molecular flexibility index (Phi) is 107. The third-order valence-corrected chi connectivity index (χ3v) is 0. The van der Waals surface area contributed by atoms with Gasteiger partial charge in [-0.25, -0.2) is 0 Å². The Morgan fingerprint density at radius 1 is 0.400 bits per heavy atom. The monoisotopic (exact) mass is 324 g/mol. The van der Waals surface area contributed by atoms with Gasteiger partial charge < -0.3 is 0 Å². The highest BCUT2D eigenvalue weighted by Crippen LogP contribution is 1.57. The molecule has 0 unspecified atom stereocenters. The lowest BCUT2D eigenvalue weighted by atomic mass is 10.6. The molecule has 0 amide bonds. The molecule has 0 nitrogen and oxygen atoms in total. The van der Waals surface area contributed by atoms with Gasteiger partial charge in [0.15, 0.2) is 0 Å². The zero-order valence-electron chi connectivity index (χ0n) is 24.7. The van der Waals surface area contributed by atoms with E-state index in [9.17, 15) is 0 Å². The summed E-state index contributed by atoms with van der Waals surface area (Å²) in [6.45, 7) is 4.88. The van der Waals surface area contributed by atoms with Crippen molar-refractivity contribution < 1.29 is 17.9 Å². The molecule has 0 saturated heterocycles. The Bertz CT molecular complexity index is 124. The summed E-state index contributed by atoms with van der Waals surface area (Å²) in [7, 11) is 0. The number of rotatable bonds is 0. The van der Waals surface area contributed by atoms with Gasteiger partial charge in [-0.2, -0.15) is 0 Å². The van der Waals surface area contributed by atoms with E-state index in [1.165, 1.54) is 0 Å². The van der Waals surface area contributed by atoms with E-state index in [1.807, 2.05) is 0 Å². The van der Waals surface area contributed by atoms with E-state index in [0.29, 0.717) is 82.8 Å². The molecule has 0 fully saturated rings. The van der Waals surface area contributed by atoms with Crippen molar-refractivity contribution in [1.82, 2.24) is 0 Å². The second-order valence-electron chi connectivity index (χ2n) is 2.12. The van der Waals surface area contributed by atoms with E-state index in [-0.39, 0.29) is 16.3 Å². The molecule has 0 radical (unpaired) electrons. The molecule has 0 aromatic heterocycles. The van der Waals surface area contributed by atoms with Crippen LogP contribution in [0.5, 0.6) is 0 Å². The van der Waals surface area contributed by atoms with Crippen molar-refractivity contribution in [3.05, 3.63) is 0 Å². The lowest BCUT2D eigenvalue weighted by molar-refractivity contribution is 1.09. The fourth-order valence-electron chi connectivity index (χ4n) is 0. The van der Waals surface area contributed by atoms with Crippen molar-refractivity contribution in [1.29, 1.82) is 0 Å². The molecular formula is C20H58. The Labute approximate surface area is 155 Å². The first-order chi connectivity index (χ1) is 14.5. The zero-order chi connectivity index (χ0) is 24.7. The summed E-state index contributed by atoms with van der Waals surface area (Å²) in [5.41, 5.74) is 0. The fourth-order valence-corrected chi connectivity index (χ4v) is 0. The summed E-state index contributed by atoms with van der Waals surface area (Å²) in [6.07, 6.45) is 4.33. The third kappa shape index (κ3) is 0. The Morgan fingerprint density at radius 2 is 0.500 bits per heavy atom. The smallest absolute Gasteiger partial charge is 0.0230 e. The predicted octanol–water partition coefficient (Wildman–Crippen LogP) is 10.0. The van der Waals surface area contributed by atoms with Crippen molar-refractivity contribution >= 4 is 0 Å². The van der Waals surface area contributed by atoms with Gasteiger partial charge in [0.05, 0.1) is 0 Å². The molecular weight excluding hydrogens is 240 g/mol. The van der Waals surface area contributed by atoms with E-state index >= 15 is 0 Å². The van der Waals surface area contributed by atoms with Gasteiger partial charge >= 0.3 is 0 Å². The molecule has 0 spiro atoms. The van der Waals surface area contributed by atoms with Gasteiger partial charge in [-0.15, -0.1) is 0 Å². The van der Waals surface area contributed by atoms with Crippen LogP contribution in [-0.4, -0.2) is 0 Å². The molecule has 0 heteroatoms. The average Bonchev–Trinajstić information content (AvgIpc) is 2.74. The first-order valence-corrected chi connectivity index (χ1v) is 6.00. The molecule has 0 heterocycles. The van der Waals surface area contributed by atoms with Crippen molar-refractivity contribution in [2.45, 2.75) is 136 Å². The average molecular weight is 324 g/mol. The van der Waals surface area contributed by atoms with Crippen molar-refractivity contribution in [2.24, 2.45) is 0 Å². The van der Waals surface area contributed by atoms with Crippen molar-refractivity contribution in [3.8, 4) is 0 Å². The highest BCUT2D eigenvalue weighted by Gasteiger charge is 1.37. The van der Waals surface area contributed by atoms with Gasteiger partial charge in [-0.1, -0.05) is 136 Å². The highest BCUT2D eigenvalue weighted by atomic mass is 13.4. The second-order valence-corrected chi connectivity index (χ2v) is 2.12. The lowest BCUT2D eigenvalue weighted by Gasteiger charge is -1.48. The van der Waals surface area contributed by atoms with E-state index in [1.54, 1.807) is 0 Å². The Hall–Kier alpha value is 0. The topological polar surface area (TPSA) is 0 Å². The zero-order valence-corrected chi connectivity index (χ0v) is 12.7. The molecule has 0 bridgehead atoms. The van der Waals surface area contributed by atoms with Crippen LogP contribution in [0.3, 0.4) is 0 Å². The molecule has 0 atom stereocenters. The van der Waals surface area contributed by atoms with Crippen LogP contribution in [0.4, 0.5) is 0 Å². The Balaban J connectivity index is -0.0000000294. The molecule has 0 aromatic carbocycles. The van der Waals surface area contributed by atoms with Crippen molar-refractivity contribution in [2.75, 3.05) is 0 Å².